The van der Waals surface area contributed by atoms with Gasteiger partial charge in [-0.05, 0) is 41.8 Å². The van der Waals surface area contributed by atoms with Gasteiger partial charge in [0.15, 0.2) is 0 Å². The van der Waals surface area contributed by atoms with Gasteiger partial charge in [-0.2, -0.15) is 16.3 Å². The van der Waals surface area contributed by atoms with Crippen LogP contribution in [0.5, 0.6) is 0 Å². The Morgan fingerprint density at radius 2 is 2.15 bits per heavy atom. The summed E-state index contributed by atoms with van der Waals surface area (Å²) in [5.41, 5.74) is 1.87. The summed E-state index contributed by atoms with van der Waals surface area (Å²) in [6.07, 6.45) is 2.35. The van der Waals surface area contributed by atoms with E-state index in [0.29, 0.717) is 12.2 Å². The van der Waals surface area contributed by atoms with Gasteiger partial charge in [-0.3, -0.25) is 9.69 Å². The van der Waals surface area contributed by atoms with Crippen LogP contribution in [0.4, 0.5) is 4.79 Å². The number of fused-ring (bicyclic) bond motifs is 2. The molecule has 1 aliphatic carbocycles. The quantitative estimate of drug-likeness (QED) is 0.706. The van der Waals surface area contributed by atoms with E-state index in [1.165, 1.54) is 16.2 Å². The minimum atomic E-state index is -0.984. The monoisotopic (exact) mass is 380 g/mol. The molecule has 0 bridgehead atoms. The molecule has 1 unspecified atom stereocenters. The highest BCUT2D eigenvalue weighted by molar-refractivity contribution is 7.08. The molecule has 27 heavy (non-hydrogen) atoms. The Labute approximate surface area is 159 Å². The predicted octanol–water partition coefficient (Wildman–Crippen LogP) is 3.08. The number of carbonyl (C=O) groups excluding carboxylic acids is 2. The van der Waals surface area contributed by atoms with Gasteiger partial charge in [0.05, 0.1) is 0 Å². The maximum absolute atomic E-state index is 13.2. The van der Waals surface area contributed by atoms with Crippen LogP contribution in [0.15, 0.2) is 45.6 Å². The van der Waals surface area contributed by atoms with Crippen molar-refractivity contribution < 1.29 is 14.1 Å². The van der Waals surface area contributed by atoms with Crippen LogP contribution >= 0.6 is 11.3 Å². The minimum absolute atomic E-state index is 0.0360. The summed E-state index contributed by atoms with van der Waals surface area (Å²) < 4.78 is 5.26. The van der Waals surface area contributed by atoms with Crippen molar-refractivity contribution in [2.75, 3.05) is 0 Å². The van der Waals surface area contributed by atoms with Crippen LogP contribution < -0.4 is 5.32 Å². The summed E-state index contributed by atoms with van der Waals surface area (Å²) >= 11 is 1.54. The highest BCUT2D eigenvalue weighted by atomic mass is 32.1. The molecule has 1 aliphatic heterocycles. The number of nitrogens with one attached hydrogen (secondary N) is 1. The second-order valence-electron chi connectivity index (χ2n) is 6.76. The molecule has 8 heteroatoms. The molecule has 1 atom stereocenters. The molecular weight excluding hydrogens is 364 g/mol. The summed E-state index contributed by atoms with van der Waals surface area (Å²) in [7, 11) is 0. The lowest BCUT2D eigenvalue weighted by Gasteiger charge is -2.33. The number of thiophene rings is 1. The van der Waals surface area contributed by atoms with Crippen LogP contribution in [-0.2, 0) is 23.3 Å². The van der Waals surface area contributed by atoms with Crippen molar-refractivity contribution in [2.45, 2.75) is 31.3 Å². The lowest BCUT2D eigenvalue weighted by Crippen LogP contribution is -2.46. The summed E-state index contributed by atoms with van der Waals surface area (Å²) in [6, 6.07) is 9.27. The number of rotatable bonds is 3. The molecule has 3 heterocycles. The lowest BCUT2D eigenvalue weighted by atomic mass is 9.76. The Hall–Kier alpha value is -3.00. The summed E-state index contributed by atoms with van der Waals surface area (Å²) in [5.74, 6) is 0.437. The van der Waals surface area contributed by atoms with Crippen LogP contribution in [0.3, 0.4) is 0 Å². The number of nitrogens with zero attached hydrogens (tertiary/aromatic N) is 3. The molecule has 2 aliphatic rings. The number of imide groups is 1. The molecule has 3 amide bonds. The highest BCUT2D eigenvalue weighted by Crippen LogP contribution is 2.40. The molecular formula is C19H16N4O3S. The Morgan fingerprint density at radius 3 is 3.00 bits per heavy atom. The molecule has 1 N–H and O–H groups in total. The van der Waals surface area contributed by atoms with Crippen LogP contribution in [0.2, 0.25) is 0 Å². The summed E-state index contributed by atoms with van der Waals surface area (Å²) in [5, 5.41) is 10.7. The van der Waals surface area contributed by atoms with E-state index >= 15 is 0 Å². The lowest BCUT2D eigenvalue weighted by molar-refractivity contribution is -0.132. The zero-order valence-corrected chi connectivity index (χ0v) is 15.2. The summed E-state index contributed by atoms with van der Waals surface area (Å²) in [4.78, 5) is 31.4. The Balaban J connectivity index is 1.44. The minimum Gasteiger partial charge on any atom is -0.337 e. The molecule has 7 nitrogen and oxygen atoms in total. The number of aryl methyl sites for hydroxylation is 1. The third kappa shape index (κ3) is 2.48. The molecule has 1 saturated heterocycles. The van der Waals surface area contributed by atoms with Gasteiger partial charge in [-0.25, -0.2) is 4.79 Å². The van der Waals surface area contributed by atoms with Crippen LogP contribution in [0, 0.1) is 0 Å². The first-order chi connectivity index (χ1) is 13.2. The van der Waals surface area contributed by atoms with Crippen molar-refractivity contribution in [1.82, 2.24) is 20.4 Å². The smallest absolute Gasteiger partial charge is 0.325 e. The van der Waals surface area contributed by atoms with Crippen molar-refractivity contribution in [3.63, 3.8) is 0 Å². The largest absolute Gasteiger partial charge is 0.337 e. The molecule has 2 aromatic heterocycles. The Kier molecular flexibility index (Phi) is 3.61. The van der Waals surface area contributed by atoms with E-state index in [1.807, 2.05) is 41.1 Å². The van der Waals surface area contributed by atoms with E-state index in [0.717, 1.165) is 29.5 Å². The second-order valence-corrected chi connectivity index (χ2v) is 7.54. The van der Waals surface area contributed by atoms with E-state index in [-0.39, 0.29) is 18.3 Å². The zero-order chi connectivity index (χ0) is 18.4. The van der Waals surface area contributed by atoms with E-state index in [9.17, 15) is 9.59 Å². The molecule has 3 aromatic rings. The average molecular weight is 380 g/mol. The number of benzene rings is 1. The van der Waals surface area contributed by atoms with Crippen LogP contribution in [0.1, 0.15) is 29.9 Å². The Morgan fingerprint density at radius 1 is 1.26 bits per heavy atom. The van der Waals surface area contributed by atoms with Gasteiger partial charge in [0.2, 0.25) is 11.7 Å². The van der Waals surface area contributed by atoms with Gasteiger partial charge >= 0.3 is 6.03 Å². The fourth-order valence-corrected chi connectivity index (χ4v) is 4.55. The molecule has 0 saturated carbocycles. The maximum Gasteiger partial charge on any atom is 0.325 e. The Bertz CT molecular complexity index is 1030. The van der Waals surface area contributed by atoms with Gasteiger partial charge in [0, 0.05) is 10.9 Å². The zero-order valence-electron chi connectivity index (χ0n) is 14.3. The molecule has 1 aromatic carbocycles. The van der Waals surface area contributed by atoms with Crippen molar-refractivity contribution in [2.24, 2.45) is 0 Å². The van der Waals surface area contributed by atoms with Gasteiger partial charge in [0.25, 0.3) is 5.91 Å². The topological polar surface area (TPSA) is 88.3 Å². The van der Waals surface area contributed by atoms with E-state index in [2.05, 4.69) is 15.5 Å². The van der Waals surface area contributed by atoms with Crippen LogP contribution in [-0.4, -0.2) is 27.0 Å². The van der Waals surface area contributed by atoms with Gasteiger partial charge in [-0.1, -0.05) is 29.4 Å². The van der Waals surface area contributed by atoms with Gasteiger partial charge in [-0.15, -0.1) is 0 Å². The van der Waals surface area contributed by atoms with Crippen molar-refractivity contribution in [1.29, 1.82) is 0 Å². The number of urea groups is 1. The van der Waals surface area contributed by atoms with E-state index in [1.54, 1.807) is 0 Å². The molecule has 1 spiro atoms. The number of hydrogen-bond acceptors (Lipinski definition) is 6. The molecule has 5 rings (SSSR count). The molecule has 136 valence electrons. The third-order valence-electron chi connectivity index (χ3n) is 5.19. The number of aromatic nitrogens is 2. The van der Waals surface area contributed by atoms with E-state index in [4.69, 9.17) is 4.52 Å². The molecule has 1 fully saturated rings. The highest BCUT2D eigenvalue weighted by Gasteiger charge is 2.54. The normalized spacial score (nSPS) is 21.6. The third-order valence-corrected chi connectivity index (χ3v) is 5.87. The summed E-state index contributed by atoms with van der Waals surface area (Å²) in [6.45, 7) is -0.0360. The fraction of sp³-hybridized carbons (Fsp3) is 0.263. The van der Waals surface area contributed by atoms with Crippen molar-refractivity contribution >= 4 is 23.3 Å². The van der Waals surface area contributed by atoms with Crippen molar-refractivity contribution in [3.05, 3.63) is 58.1 Å². The molecule has 0 radical (unpaired) electrons. The number of hydrogen-bond donors (Lipinski definition) is 1. The number of amides is 3. The fourth-order valence-electron chi connectivity index (χ4n) is 3.92. The van der Waals surface area contributed by atoms with E-state index < -0.39 is 11.6 Å². The van der Waals surface area contributed by atoms with Crippen molar-refractivity contribution in [3.8, 4) is 11.4 Å². The predicted molar refractivity (Wildman–Crippen MR) is 97.8 cm³/mol. The van der Waals surface area contributed by atoms with Gasteiger partial charge < -0.3 is 9.84 Å². The number of carbonyl (C=O) groups is 2. The van der Waals surface area contributed by atoms with Crippen LogP contribution in [0.25, 0.3) is 11.4 Å². The first kappa shape index (κ1) is 16.2. The van der Waals surface area contributed by atoms with Gasteiger partial charge in [0.1, 0.15) is 12.1 Å². The first-order valence-electron chi connectivity index (χ1n) is 8.75. The second kappa shape index (κ2) is 6.02. The first-order valence-corrected chi connectivity index (χ1v) is 9.69. The average Bonchev–Trinajstić information content (AvgIpc) is 3.40. The SMILES string of the molecule is O=C1NC2(CCCc3ccccc32)C(=O)N1Cc1nc(-c2ccsc2)no1. The maximum atomic E-state index is 13.2. The standard InChI is InChI=1S/C19H16N4O3S/c24-17-19(8-3-5-12-4-1-2-6-14(12)19)21-18(25)23(17)10-15-20-16(22-26-15)13-7-9-27-11-13/h1-2,4,6-7,9,11H,3,5,8,10H2,(H,21,25).